The molecule has 11 nitrogen and oxygen atoms in total. The van der Waals surface area contributed by atoms with Crippen molar-refractivity contribution in [3.8, 4) is 22.6 Å². The molecule has 0 aromatic heterocycles. The van der Waals surface area contributed by atoms with Gasteiger partial charge in [0.25, 0.3) is 11.8 Å². The number of methoxy groups -OCH3 is 1. The van der Waals surface area contributed by atoms with Crippen LogP contribution < -0.4 is 15.8 Å². The first-order chi connectivity index (χ1) is 21.9. The lowest BCUT2D eigenvalue weighted by molar-refractivity contribution is -0.127. The molecule has 0 spiro atoms. The molecule has 236 valence electrons. The molecule has 4 unspecified atom stereocenters. The molecule has 0 fully saturated rings. The number of Topliss-reactive ketones (excluding diaryl/α,β-unsaturated/α-hetero) is 2. The van der Waals surface area contributed by atoms with Crippen LogP contribution in [-0.2, 0) is 16.0 Å². The zero-order valence-electron chi connectivity index (χ0n) is 25.4. The minimum absolute atomic E-state index is 0.0221. The van der Waals surface area contributed by atoms with Crippen LogP contribution in [0.4, 0.5) is 5.69 Å². The number of carbonyl (C=O) groups is 4. The third-order valence-electron chi connectivity index (χ3n) is 9.26. The Hall–Kier alpha value is -5.42. The second-order valence-electron chi connectivity index (χ2n) is 12.0. The van der Waals surface area contributed by atoms with E-state index in [-0.39, 0.29) is 35.6 Å². The second-order valence-corrected chi connectivity index (χ2v) is 12.0. The number of anilines is 1. The number of rotatable bonds is 6. The zero-order chi connectivity index (χ0) is 33.0. The molecule has 0 radical (unpaired) electrons. The number of primary amides is 1. The maximum absolute atomic E-state index is 14.0. The Morgan fingerprint density at radius 2 is 1.61 bits per heavy atom. The first kappa shape index (κ1) is 30.6. The first-order valence-electron chi connectivity index (χ1n) is 14.7. The molecule has 2 amide bonds. The van der Waals surface area contributed by atoms with E-state index < -0.39 is 58.4 Å². The number of ketones is 2. The predicted octanol–water partition coefficient (Wildman–Crippen LogP) is 3.93. The number of nitrogens with two attached hydrogens (primary N) is 1. The highest BCUT2D eigenvalue weighted by Gasteiger charge is 2.54. The molecule has 3 aromatic rings. The van der Waals surface area contributed by atoms with E-state index in [1.54, 1.807) is 80.7 Å². The van der Waals surface area contributed by atoms with Gasteiger partial charge in [-0.2, -0.15) is 0 Å². The molecule has 6 N–H and O–H groups in total. The van der Waals surface area contributed by atoms with Gasteiger partial charge < -0.3 is 31.1 Å². The average Bonchev–Trinajstić information content (AvgIpc) is 3.01. The number of phenols is 1. The van der Waals surface area contributed by atoms with Crippen molar-refractivity contribution in [3.63, 3.8) is 0 Å². The molecule has 0 heterocycles. The van der Waals surface area contributed by atoms with Gasteiger partial charge in [-0.3, -0.25) is 24.1 Å². The number of nitrogens with one attached hydrogen (secondary N) is 1. The second kappa shape index (κ2) is 11.5. The van der Waals surface area contributed by atoms with Crippen LogP contribution in [0.3, 0.4) is 0 Å². The summed E-state index contributed by atoms with van der Waals surface area (Å²) in [5.74, 6) is -5.75. The van der Waals surface area contributed by atoms with Crippen LogP contribution in [0.1, 0.15) is 32.7 Å². The third-order valence-corrected chi connectivity index (χ3v) is 9.26. The Morgan fingerprint density at radius 1 is 0.935 bits per heavy atom. The molecule has 11 heteroatoms. The summed E-state index contributed by atoms with van der Waals surface area (Å²) in [6.45, 7) is 0. The highest BCUT2D eigenvalue weighted by atomic mass is 16.5. The highest BCUT2D eigenvalue weighted by molar-refractivity contribution is 6.22. The number of phenolic OH excluding ortho intramolecular Hbond substituents is 1. The van der Waals surface area contributed by atoms with Gasteiger partial charge >= 0.3 is 0 Å². The van der Waals surface area contributed by atoms with Gasteiger partial charge in [0.1, 0.15) is 28.6 Å². The number of nitrogens with zero attached hydrogens (tertiary/aromatic N) is 1. The topological polar surface area (TPSA) is 179 Å². The number of aliphatic hydroxyl groups is 2. The Morgan fingerprint density at radius 3 is 2.22 bits per heavy atom. The summed E-state index contributed by atoms with van der Waals surface area (Å²) < 4.78 is 5.14. The minimum Gasteiger partial charge on any atom is -0.511 e. The van der Waals surface area contributed by atoms with Gasteiger partial charge in [-0.15, -0.1) is 0 Å². The first-order valence-corrected chi connectivity index (χ1v) is 14.7. The summed E-state index contributed by atoms with van der Waals surface area (Å²) in [6, 6.07) is 16.1. The van der Waals surface area contributed by atoms with Crippen molar-refractivity contribution in [1.82, 2.24) is 4.90 Å². The number of ether oxygens (including phenoxy) is 1. The number of hydrogen-bond acceptors (Lipinski definition) is 9. The number of aromatic hydroxyl groups is 1. The largest absolute Gasteiger partial charge is 0.511 e. The molecule has 3 aliphatic carbocycles. The van der Waals surface area contributed by atoms with E-state index in [0.717, 1.165) is 5.56 Å². The summed E-state index contributed by atoms with van der Waals surface area (Å²) in [6.07, 6.45) is 0.524. The Kier molecular flexibility index (Phi) is 7.65. The highest BCUT2D eigenvalue weighted by Crippen LogP contribution is 2.51. The lowest BCUT2D eigenvalue weighted by Gasteiger charge is -2.46. The van der Waals surface area contributed by atoms with Crippen LogP contribution in [0, 0.1) is 17.8 Å². The van der Waals surface area contributed by atoms with Crippen LogP contribution in [-0.4, -0.2) is 70.8 Å². The normalized spacial score (nSPS) is 22.3. The number of benzene rings is 3. The van der Waals surface area contributed by atoms with Gasteiger partial charge in [0.05, 0.1) is 24.6 Å². The van der Waals surface area contributed by atoms with Gasteiger partial charge in [0.2, 0.25) is 0 Å². The Bertz CT molecular complexity index is 1860. The quantitative estimate of drug-likeness (QED) is 0.254. The Labute approximate surface area is 264 Å². The standard InChI is InChI=1S/C35H33N3O8/c1-38(2)29-23-15-18-14-22-21(16-4-8-19(9-5-16)37-35(45)17-6-10-20(46-3)11-7-17)12-13-24(39)26(22)30(40)25(18)31(41)27(23)32(42)28(33(29)43)34(36)44/h4-13,18,23,27,29,39,41,43H,14-15H2,1-3H3,(H2,36,44)(H,37,45). The lowest BCUT2D eigenvalue weighted by atomic mass is 9.60. The van der Waals surface area contributed by atoms with E-state index in [2.05, 4.69) is 5.32 Å². The number of likely N-dealkylation sites (N-methyl/N-ethyl adjacent to an activating group) is 1. The molecular formula is C35H33N3O8. The molecule has 3 aliphatic rings. The molecule has 0 aliphatic heterocycles. The van der Waals surface area contributed by atoms with Gasteiger partial charge in [-0.05, 0) is 97.9 Å². The number of hydrogen-bond donors (Lipinski definition) is 5. The van der Waals surface area contributed by atoms with Crippen LogP contribution in [0.5, 0.6) is 11.5 Å². The van der Waals surface area contributed by atoms with E-state index in [0.29, 0.717) is 28.1 Å². The number of aliphatic hydroxyl groups excluding tert-OH is 2. The van der Waals surface area contributed by atoms with Gasteiger partial charge in [0, 0.05) is 16.8 Å². The fourth-order valence-electron chi connectivity index (χ4n) is 7.22. The summed E-state index contributed by atoms with van der Waals surface area (Å²) in [5.41, 5.74) is 7.95. The average molecular weight is 624 g/mol. The number of allylic oxidation sites excluding steroid dienone is 2. The molecule has 46 heavy (non-hydrogen) atoms. The van der Waals surface area contributed by atoms with Gasteiger partial charge in [-0.1, -0.05) is 18.2 Å². The van der Waals surface area contributed by atoms with Crippen LogP contribution >= 0.6 is 0 Å². The maximum atomic E-state index is 14.0. The smallest absolute Gasteiger partial charge is 0.255 e. The maximum Gasteiger partial charge on any atom is 0.255 e. The van der Waals surface area contributed by atoms with Crippen molar-refractivity contribution in [3.05, 3.63) is 100 Å². The van der Waals surface area contributed by atoms with Gasteiger partial charge in [-0.25, -0.2) is 0 Å². The molecule has 0 bridgehead atoms. The van der Waals surface area contributed by atoms with Crippen molar-refractivity contribution in [2.75, 3.05) is 26.5 Å². The predicted molar refractivity (Wildman–Crippen MR) is 169 cm³/mol. The van der Waals surface area contributed by atoms with E-state index >= 15 is 0 Å². The molecular weight excluding hydrogens is 590 g/mol. The van der Waals surface area contributed by atoms with Crippen LogP contribution in [0.25, 0.3) is 11.1 Å². The molecule has 0 saturated heterocycles. The van der Waals surface area contributed by atoms with Crippen molar-refractivity contribution in [2.24, 2.45) is 23.5 Å². The third kappa shape index (κ3) is 4.89. The van der Waals surface area contributed by atoms with E-state index in [9.17, 15) is 34.5 Å². The summed E-state index contributed by atoms with van der Waals surface area (Å²) >= 11 is 0. The van der Waals surface area contributed by atoms with Crippen molar-refractivity contribution in [1.29, 1.82) is 0 Å². The summed E-state index contributed by atoms with van der Waals surface area (Å²) in [7, 11) is 4.92. The number of carbonyl (C=O) groups excluding carboxylic acids is 4. The summed E-state index contributed by atoms with van der Waals surface area (Å²) in [4.78, 5) is 53.9. The van der Waals surface area contributed by atoms with E-state index in [4.69, 9.17) is 10.5 Å². The van der Waals surface area contributed by atoms with Gasteiger partial charge in [0.15, 0.2) is 11.6 Å². The van der Waals surface area contributed by atoms with E-state index in [1.165, 1.54) is 6.07 Å². The minimum atomic E-state index is -1.24. The molecule has 0 saturated carbocycles. The van der Waals surface area contributed by atoms with E-state index in [1.807, 2.05) is 0 Å². The summed E-state index contributed by atoms with van der Waals surface area (Å²) in [5, 5.41) is 36.1. The SMILES string of the molecule is COc1ccc(C(=O)Nc2ccc(-c3ccc(O)c4c3CC3CC5C(C(=O)C(C(N)=O)=C(O)C5N(C)C)C(O)=C3C4=O)cc2)cc1. The monoisotopic (exact) mass is 623 g/mol. The van der Waals surface area contributed by atoms with Crippen molar-refractivity contribution in [2.45, 2.75) is 18.9 Å². The Balaban J connectivity index is 1.34. The molecule has 4 atom stereocenters. The van der Waals surface area contributed by atoms with Crippen LogP contribution in [0.2, 0.25) is 0 Å². The lowest BCUT2D eigenvalue weighted by Crippen LogP contribution is -2.53. The fourth-order valence-corrected chi connectivity index (χ4v) is 7.22. The number of amides is 2. The van der Waals surface area contributed by atoms with Crippen molar-refractivity contribution >= 4 is 29.1 Å². The molecule has 3 aromatic carbocycles. The number of fused-ring (bicyclic) bond motifs is 3. The van der Waals surface area contributed by atoms with Crippen LogP contribution in [0.15, 0.2) is 83.3 Å². The zero-order valence-corrected chi connectivity index (χ0v) is 25.4. The fraction of sp³-hybridized carbons (Fsp3) is 0.257. The van der Waals surface area contributed by atoms with Crippen molar-refractivity contribution < 1.29 is 39.2 Å². The molecule has 6 rings (SSSR count).